The van der Waals surface area contributed by atoms with Crippen molar-refractivity contribution in [3.63, 3.8) is 0 Å². The van der Waals surface area contributed by atoms with Crippen LogP contribution in [0, 0.1) is 5.41 Å². The average Bonchev–Trinajstić information content (AvgIpc) is 2.44. The first kappa shape index (κ1) is 21.2. The number of hydrogen-bond donors (Lipinski definition) is 0. The molecule has 0 aliphatic carbocycles. The fraction of sp³-hybridized carbons (Fsp3) is 0.571. The first-order valence-electron chi connectivity index (χ1n) is 8.31. The second kappa shape index (κ2) is 7.19. The molecule has 1 rings (SSSR count). The molecule has 1 aromatic rings. The first-order chi connectivity index (χ1) is 10.7. The number of esters is 1. The van der Waals surface area contributed by atoms with Crippen LogP contribution in [0.3, 0.4) is 0 Å². The van der Waals surface area contributed by atoms with Crippen LogP contribution < -0.4 is 0 Å². The third-order valence-corrected chi connectivity index (χ3v) is 5.08. The van der Waals surface area contributed by atoms with Crippen molar-refractivity contribution in [2.75, 3.05) is 7.11 Å². The minimum atomic E-state index is -0.693. The van der Waals surface area contributed by atoms with Crippen LogP contribution in [0.15, 0.2) is 22.3 Å². The van der Waals surface area contributed by atoms with Crippen LogP contribution in [0.1, 0.15) is 72.1 Å². The summed E-state index contributed by atoms with van der Waals surface area (Å²) in [6.45, 7) is 17.2. The molecule has 1 aromatic carbocycles. The molecule has 0 bridgehead atoms. The molecule has 0 heterocycles. The fourth-order valence-corrected chi connectivity index (χ4v) is 3.71. The second-order valence-corrected chi connectivity index (χ2v) is 9.56. The van der Waals surface area contributed by atoms with Gasteiger partial charge in [0.05, 0.1) is 12.5 Å². The molecule has 3 heteroatoms. The van der Waals surface area contributed by atoms with E-state index in [2.05, 4.69) is 82.3 Å². The number of rotatable bonds is 3. The van der Waals surface area contributed by atoms with Gasteiger partial charge in [-0.25, -0.2) is 0 Å². The molecule has 0 fully saturated rings. The number of carbonyl (C=O) groups is 1. The van der Waals surface area contributed by atoms with Gasteiger partial charge in [0.1, 0.15) is 0 Å². The lowest BCUT2D eigenvalue weighted by Crippen LogP contribution is -2.27. The summed E-state index contributed by atoms with van der Waals surface area (Å²) in [5.41, 5.74) is 4.04. The summed E-state index contributed by atoms with van der Waals surface area (Å²) < 4.78 is 7.03. The molecule has 0 unspecified atom stereocenters. The molecule has 0 aromatic heterocycles. The highest BCUT2D eigenvalue weighted by Gasteiger charge is 2.34. The van der Waals surface area contributed by atoms with Crippen LogP contribution in [0.2, 0.25) is 0 Å². The van der Waals surface area contributed by atoms with Crippen LogP contribution in [0.5, 0.6) is 0 Å². The number of halogens is 1. The van der Waals surface area contributed by atoms with Gasteiger partial charge in [-0.15, -0.1) is 0 Å². The molecular weight excluding hydrogens is 411 g/mol. The number of hydrogen-bond acceptors (Lipinski definition) is 2. The van der Waals surface area contributed by atoms with Crippen molar-refractivity contribution in [2.24, 2.45) is 5.41 Å². The molecular formula is C21H31IO2. The van der Waals surface area contributed by atoms with E-state index < -0.39 is 5.41 Å². The van der Waals surface area contributed by atoms with Gasteiger partial charge in [-0.2, -0.15) is 0 Å². The molecule has 0 radical (unpaired) electrons. The number of methoxy groups -OCH3 is 1. The molecule has 0 atom stereocenters. The molecule has 0 spiro atoms. The van der Waals surface area contributed by atoms with E-state index in [4.69, 9.17) is 4.74 Å². The maximum atomic E-state index is 12.3. The van der Waals surface area contributed by atoms with Gasteiger partial charge in [0, 0.05) is 0 Å². The lowest BCUT2D eigenvalue weighted by molar-refractivity contribution is -0.147. The van der Waals surface area contributed by atoms with E-state index in [0.717, 1.165) is 11.1 Å². The third-order valence-electron chi connectivity index (χ3n) is 4.45. The lowest BCUT2D eigenvalue weighted by Gasteiger charge is -2.30. The Labute approximate surface area is 161 Å². The van der Waals surface area contributed by atoms with Crippen molar-refractivity contribution in [3.8, 4) is 0 Å². The summed E-state index contributed by atoms with van der Waals surface area (Å²) in [4.78, 5) is 12.3. The summed E-state index contributed by atoms with van der Waals surface area (Å²) in [6.07, 6.45) is 0. The quantitative estimate of drug-likeness (QED) is 0.408. The molecule has 0 aliphatic heterocycles. The van der Waals surface area contributed by atoms with Gasteiger partial charge in [0.25, 0.3) is 0 Å². The van der Waals surface area contributed by atoms with Gasteiger partial charge in [-0.05, 0) is 51.0 Å². The van der Waals surface area contributed by atoms with Gasteiger partial charge < -0.3 is 4.74 Å². The van der Waals surface area contributed by atoms with Crippen LogP contribution in [-0.2, 0) is 20.4 Å². The minimum Gasteiger partial charge on any atom is -0.468 e. The predicted octanol–water partition coefficient (Wildman–Crippen LogP) is 6.26. The van der Waals surface area contributed by atoms with E-state index in [1.54, 1.807) is 0 Å². The zero-order valence-corrected chi connectivity index (χ0v) is 18.7. The maximum Gasteiger partial charge on any atom is 0.315 e. The molecule has 0 amide bonds. The van der Waals surface area contributed by atoms with Crippen LogP contribution in [0.25, 0.3) is 5.57 Å². The van der Waals surface area contributed by atoms with Gasteiger partial charge in [-0.1, -0.05) is 82.3 Å². The smallest absolute Gasteiger partial charge is 0.315 e. The number of ether oxygens (including phenoxy) is 1. The molecule has 0 saturated heterocycles. The summed E-state index contributed by atoms with van der Waals surface area (Å²) in [7, 11) is 1.45. The summed E-state index contributed by atoms with van der Waals surface area (Å²) in [5, 5.41) is 0. The molecule has 0 N–H and O–H groups in total. The Hall–Kier alpha value is -0.840. The van der Waals surface area contributed by atoms with Gasteiger partial charge in [0.2, 0.25) is 0 Å². The first-order valence-corrected chi connectivity index (χ1v) is 9.55. The Kier molecular flexibility index (Phi) is 6.35. The van der Waals surface area contributed by atoms with E-state index in [-0.39, 0.29) is 16.8 Å². The minimum absolute atomic E-state index is 0.0435. The Morgan fingerprint density at radius 1 is 0.917 bits per heavy atom. The second-order valence-electron chi connectivity index (χ2n) is 8.94. The highest BCUT2D eigenvalue weighted by Crippen LogP contribution is 2.40. The average molecular weight is 442 g/mol. The molecule has 0 saturated carbocycles. The molecule has 0 aliphatic rings. The number of benzene rings is 1. The summed E-state index contributed by atoms with van der Waals surface area (Å²) in [6, 6.07) is 6.72. The van der Waals surface area contributed by atoms with Crippen LogP contribution in [-0.4, -0.2) is 13.1 Å². The molecule has 134 valence electrons. The Balaban J connectivity index is 3.66. The number of carbonyl (C=O) groups excluding carboxylic acids is 1. The van der Waals surface area contributed by atoms with Crippen LogP contribution in [0.4, 0.5) is 0 Å². The van der Waals surface area contributed by atoms with E-state index in [1.807, 2.05) is 17.9 Å². The van der Waals surface area contributed by atoms with E-state index >= 15 is 0 Å². The normalized spacial score (nSPS) is 13.8. The fourth-order valence-electron chi connectivity index (χ4n) is 2.57. The highest BCUT2D eigenvalue weighted by atomic mass is 127. The predicted molar refractivity (Wildman–Crippen MR) is 112 cm³/mol. The molecule has 2 nitrogen and oxygen atoms in total. The Morgan fingerprint density at radius 3 is 1.62 bits per heavy atom. The van der Waals surface area contributed by atoms with Crippen molar-refractivity contribution in [3.05, 3.63) is 39.0 Å². The highest BCUT2D eigenvalue weighted by molar-refractivity contribution is 14.1. The van der Waals surface area contributed by atoms with Gasteiger partial charge in [-0.3, -0.25) is 4.79 Å². The Morgan fingerprint density at radius 2 is 1.33 bits per heavy atom. The Bertz CT molecular complexity index is 609. The molecule has 24 heavy (non-hydrogen) atoms. The van der Waals surface area contributed by atoms with Crippen molar-refractivity contribution in [1.82, 2.24) is 0 Å². The van der Waals surface area contributed by atoms with Crippen molar-refractivity contribution in [2.45, 2.75) is 66.2 Å². The topological polar surface area (TPSA) is 26.3 Å². The van der Waals surface area contributed by atoms with E-state index in [9.17, 15) is 4.79 Å². The largest absolute Gasteiger partial charge is 0.468 e. The zero-order valence-electron chi connectivity index (χ0n) is 16.5. The van der Waals surface area contributed by atoms with Gasteiger partial charge in [0.15, 0.2) is 0 Å². The zero-order chi connectivity index (χ0) is 18.9. The van der Waals surface area contributed by atoms with Crippen molar-refractivity contribution < 1.29 is 9.53 Å². The van der Waals surface area contributed by atoms with Crippen LogP contribution >= 0.6 is 22.6 Å². The standard InChI is InChI=1S/C21H31IO2/c1-19(2,3)15-10-14(11-16(12-15)20(4,5)6)17(13-22)21(7,8)18(23)24-9/h10-13H,1-9H3/b17-13+. The summed E-state index contributed by atoms with van der Waals surface area (Å²) in [5.74, 6) is -0.219. The lowest BCUT2D eigenvalue weighted by atomic mass is 9.75. The van der Waals surface area contributed by atoms with E-state index in [1.165, 1.54) is 18.2 Å². The van der Waals surface area contributed by atoms with E-state index in [0.29, 0.717) is 0 Å². The SMILES string of the molecule is COC(=O)C(C)(C)/C(=C/I)c1cc(C(C)(C)C)cc(C(C)(C)C)c1. The monoisotopic (exact) mass is 442 g/mol. The maximum absolute atomic E-state index is 12.3. The summed E-state index contributed by atoms with van der Waals surface area (Å²) >= 11 is 2.22. The van der Waals surface area contributed by atoms with Crippen molar-refractivity contribution in [1.29, 1.82) is 0 Å². The third kappa shape index (κ3) is 4.62. The van der Waals surface area contributed by atoms with Gasteiger partial charge >= 0.3 is 5.97 Å². The van der Waals surface area contributed by atoms with Crippen molar-refractivity contribution >= 4 is 34.1 Å².